The fraction of sp³-hybridized carbons (Fsp3) is 0.533. The summed E-state index contributed by atoms with van der Waals surface area (Å²) < 4.78 is 0. The van der Waals surface area contributed by atoms with Crippen LogP contribution in [0.2, 0.25) is 0 Å². The van der Waals surface area contributed by atoms with Gasteiger partial charge in [0.15, 0.2) is 0 Å². The molecule has 0 unspecified atom stereocenters. The molecule has 0 aliphatic heterocycles. The Kier molecular flexibility index (Phi) is 5.21. The van der Waals surface area contributed by atoms with Crippen LogP contribution in [0, 0.1) is 0 Å². The van der Waals surface area contributed by atoms with Crippen molar-refractivity contribution in [1.29, 1.82) is 0 Å². The predicted molar refractivity (Wildman–Crippen MR) is 70.9 cm³/mol. The highest BCUT2D eigenvalue weighted by Gasteiger charge is 2.14. The van der Waals surface area contributed by atoms with Crippen LogP contribution in [0.5, 0.6) is 0 Å². The molecule has 1 fully saturated rings. The molecule has 1 aliphatic carbocycles. The Morgan fingerprint density at radius 1 is 1.17 bits per heavy atom. The van der Waals surface area contributed by atoms with Gasteiger partial charge in [-0.2, -0.15) is 5.48 Å². The Morgan fingerprint density at radius 2 is 1.89 bits per heavy atom. The smallest absolute Gasteiger partial charge is 0.325 e. The predicted octanol–water partition coefficient (Wildman–Crippen LogP) is 3.00. The van der Waals surface area contributed by atoms with Gasteiger partial charge in [-0.25, -0.2) is 0 Å². The van der Waals surface area contributed by atoms with Crippen molar-refractivity contribution in [1.82, 2.24) is 5.48 Å². The average molecular weight is 247 g/mol. The third kappa shape index (κ3) is 4.49. The second-order valence-electron chi connectivity index (χ2n) is 4.91. The second kappa shape index (κ2) is 7.17. The van der Waals surface area contributed by atoms with Gasteiger partial charge >= 0.3 is 5.97 Å². The van der Waals surface area contributed by atoms with Gasteiger partial charge in [0.2, 0.25) is 0 Å². The molecule has 18 heavy (non-hydrogen) atoms. The summed E-state index contributed by atoms with van der Waals surface area (Å²) in [6.45, 7) is 0. The van der Waals surface area contributed by atoms with Crippen LogP contribution in [0.1, 0.15) is 44.1 Å². The van der Waals surface area contributed by atoms with E-state index < -0.39 is 0 Å². The number of nitrogens with one attached hydrogen (secondary N) is 1. The van der Waals surface area contributed by atoms with E-state index in [1.165, 1.54) is 24.8 Å². The molecular formula is C15H21NO2. The highest BCUT2D eigenvalue weighted by Crippen LogP contribution is 2.17. The van der Waals surface area contributed by atoms with Crippen molar-refractivity contribution in [2.75, 3.05) is 0 Å². The van der Waals surface area contributed by atoms with Gasteiger partial charge in [0.05, 0.1) is 6.42 Å². The summed E-state index contributed by atoms with van der Waals surface area (Å²) in [5.74, 6) is -0.163. The Balaban J connectivity index is 1.63. The zero-order valence-corrected chi connectivity index (χ0v) is 10.7. The molecule has 1 N–H and O–H groups in total. The number of hydroxylamine groups is 1. The van der Waals surface area contributed by atoms with Gasteiger partial charge in [-0.3, -0.25) is 4.79 Å². The molecule has 1 saturated carbocycles. The number of hydrogen-bond acceptors (Lipinski definition) is 3. The highest BCUT2D eigenvalue weighted by molar-refractivity contribution is 5.69. The van der Waals surface area contributed by atoms with E-state index in [1.807, 2.05) is 30.3 Å². The van der Waals surface area contributed by atoms with Crippen LogP contribution >= 0.6 is 0 Å². The maximum absolute atomic E-state index is 11.6. The first-order valence-corrected chi connectivity index (χ1v) is 6.84. The monoisotopic (exact) mass is 247 g/mol. The minimum absolute atomic E-state index is 0.163. The Hall–Kier alpha value is -1.35. The molecular weight excluding hydrogens is 226 g/mol. The highest BCUT2D eigenvalue weighted by atomic mass is 16.7. The minimum Gasteiger partial charge on any atom is -0.370 e. The number of rotatable bonds is 5. The van der Waals surface area contributed by atoms with E-state index in [1.54, 1.807) is 0 Å². The van der Waals surface area contributed by atoms with Crippen LogP contribution < -0.4 is 5.48 Å². The maximum Gasteiger partial charge on any atom is 0.325 e. The molecule has 2 rings (SSSR count). The SMILES string of the molecule is O=C(CCc1ccccc1)ONC1CCCCC1. The van der Waals surface area contributed by atoms with E-state index in [9.17, 15) is 4.79 Å². The quantitative estimate of drug-likeness (QED) is 0.813. The van der Waals surface area contributed by atoms with Crippen LogP contribution in [-0.2, 0) is 16.1 Å². The normalized spacial score (nSPS) is 16.4. The van der Waals surface area contributed by atoms with Crippen LogP contribution in [0.3, 0.4) is 0 Å². The molecule has 0 spiro atoms. The lowest BCUT2D eigenvalue weighted by Gasteiger charge is -2.21. The first-order valence-electron chi connectivity index (χ1n) is 6.84. The fourth-order valence-corrected chi connectivity index (χ4v) is 2.31. The summed E-state index contributed by atoms with van der Waals surface area (Å²) in [6.07, 6.45) is 7.19. The van der Waals surface area contributed by atoms with Gasteiger partial charge in [-0.05, 0) is 24.8 Å². The van der Waals surface area contributed by atoms with Gasteiger partial charge in [0.1, 0.15) is 0 Å². The van der Waals surface area contributed by atoms with Crippen molar-refractivity contribution in [2.45, 2.75) is 51.0 Å². The summed E-state index contributed by atoms with van der Waals surface area (Å²) in [5, 5.41) is 0. The summed E-state index contributed by atoms with van der Waals surface area (Å²) in [7, 11) is 0. The lowest BCUT2D eigenvalue weighted by molar-refractivity contribution is -0.153. The first-order chi connectivity index (χ1) is 8.84. The van der Waals surface area contributed by atoms with Crippen LogP contribution in [0.15, 0.2) is 30.3 Å². The van der Waals surface area contributed by atoms with Crippen LogP contribution in [0.25, 0.3) is 0 Å². The van der Waals surface area contributed by atoms with Crippen molar-refractivity contribution in [3.63, 3.8) is 0 Å². The first kappa shape index (κ1) is 13.1. The van der Waals surface area contributed by atoms with E-state index in [0.717, 1.165) is 19.3 Å². The van der Waals surface area contributed by atoms with Gasteiger partial charge < -0.3 is 4.84 Å². The summed E-state index contributed by atoms with van der Waals surface area (Å²) in [5.41, 5.74) is 4.08. The van der Waals surface area contributed by atoms with Gasteiger partial charge in [0.25, 0.3) is 0 Å². The molecule has 0 bridgehead atoms. The Morgan fingerprint density at radius 3 is 2.61 bits per heavy atom. The average Bonchev–Trinajstić information content (AvgIpc) is 2.45. The third-order valence-electron chi connectivity index (χ3n) is 3.41. The minimum atomic E-state index is -0.163. The van der Waals surface area contributed by atoms with E-state index >= 15 is 0 Å². The number of aryl methyl sites for hydroxylation is 1. The van der Waals surface area contributed by atoms with E-state index in [2.05, 4.69) is 5.48 Å². The lowest BCUT2D eigenvalue weighted by atomic mass is 9.96. The Labute approximate surface area is 108 Å². The Bertz CT molecular complexity index is 358. The molecule has 0 amide bonds. The zero-order chi connectivity index (χ0) is 12.6. The van der Waals surface area contributed by atoms with Crippen LogP contribution in [-0.4, -0.2) is 12.0 Å². The van der Waals surface area contributed by atoms with E-state index in [-0.39, 0.29) is 5.97 Å². The van der Waals surface area contributed by atoms with E-state index in [4.69, 9.17) is 4.84 Å². The number of benzene rings is 1. The molecule has 98 valence electrons. The molecule has 1 aromatic rings. The largest absolute Gasteiger partial charge is 0.370 e. The fourth-order valence-electron chi connectivity index (χ4n) is 2.31. The summed E-state index contributed by atoms with van der Waals surface area (Å²) >= 11 is 0. The molecule has 0 atom stereocenters. The van der Waals surface area contributed by atoms with Gasteiger partial charge in [0, 0.05) is 6.04 Å². The molecule has 3 heteroatoms. The standard InChI is InChI=1S/C15H21NO2/c17-15(12-11-13-7-3-1-4-8-13)18-16-14-9-5-2-6-10-14/h1,3-4,7-8,14,16H,2,5-6,9-12H2. The van der Waals surface area contributed by atoms with Gasteiger partial charge in [-0.15, -0.1) is 0 Å². The molecule has 3 nitrogen and oxygen atoms in total. The van der Waals surface area contributed by atoms with Crippen molar-refractivity contribution in [3.8, 4) is 0 Å². The third-order valence-corrected chi connectivity index (χ3v) is 3.41. The second-order valence-corrected chi connectivity index (χ2v) is 4.91. The summed E-state index contributed by atoms with van der Waals surface area (Å²) in [4.78, 5) is 16.7. The van der Waals surface area contributed by atoms with Crippen molar-refractivity contribution < 1.29 is 9.63 Å². The molecule has 1 aromatic carbocycles. The topological polar surface area (TPSA) is 38.3 Å². The molecule has 0 aromatic heterocycles. The number of carbonyl (C=O) groups excluding carboxylic acids is 1. The van der Waals surface area contributed by atoms with Crippen molar-refractivity contribution in [3.05, 3.63) is 35.9 Å². The van der Waals surface area contributed by atoms with Crippen molar-refractivity contribution >= 4 is 5.97 Å². The molecule has 0 saturated heterocycles. The molecule has 0 heterocycles. The lowest BCUT2D eigenvalue weighted by Crippen LogP contribution is -2.33. The van der Waals surface area contributed by atoms with Crippen LogP contribution in [0.4, 0.5) is 0 Å². The van der Waals surface area contributed by atoms with Gasteiger partial charge in [-0.1, -0.05) is 49.6 Å². The zero-order valence-electron chi connectivity index (χ0n) is 10.7. The number of hydrogen-bond donors (Lipinski definition) is 1. The summed E-state index contributed by atoms with van der Waals surface area (Å²) in [6, 6.07) is 10.4. The number of carbonyl (C=O) groups is 1. The van der Waals surface area contributed by atoms with E-state index in [0.29, 0.717) is 12.5 Å². The van der Waals surface area contributed by atoms with Crippen molar-refractivity contribution in [2.24, 2.45) is 0 Å². The molecule has 0 radical (unpaired) electrons. The maximum atomic E-state index is 11.6. The molecule has 1 aliphatic rings.